The van der Waals surface area contributed by atoms with Gasteiger partial charge in [0.25, 0.3) is 0 Å². The molecule has 0 aliphatic carbocycles. The second kappa shape index (κ2) is 13.7. The Bertz CT molecular complexity index is 894. The highest BCUT2D eigenvalue weighted by molar-refractivity contribution is 8.00. The van der Waals surface area contributed by atoms with E-state index < -0.39 is 84.1 Å². The lowest BCUT2D eigenvalue weighted by molar-refractivity contribution is -0.205. The minimum absolute atomic E-state index is 0.0309. The summed E-state index contributed by atoms with van der Waals surface area (Å²) in [4.78, 5) is 84.9. The summed E-state index contributed by atoms with van der Waals surface area (Å²) in [5, 5.41) is -1.13. The molecule has 1 fully saturated rings. The third kappa shape index (κ3) is 9.02. The van der Waals surface area contributed by atoms with Crippen LogP contribution in [0.4, 0.5) is 0 Å². The molecule has 1 saturated heterocycles. The summed E-state index contributed by atoms with van der Waals surface area (Å²) in [6, 6.07) is -1.08. The molecule has 15 heteroatoms. The molecule has 1 aliphatic heterocycles. The summed E-state index contributed by atoms with van der Waals surface area (Å²) < 4.78 is 26.3. The molecule has 36 heavy (non-hydrogen) atoms. The number of nitrogens with two attached hydrogens (primary N) is 1. The minimum atomic E-state index is -1.68. The highest BCUT2D eigenvalue weighted by Gasteiger charge is 2.52. The van der Waals surface area contributed by atoms with Crippen molar-refractivity contribution in [3.05, 3.63) is 0 Å². The molecule has 0 radical (unpaired) electrons. The number of primary amides is 1. The predicted molar refractivity (Wildman–Crippen MR) is 121 cm³/mol. The van der Waals surface area contributed by atoms with E-state index in [9.17, 15) is 33.6 Å². The van der Waals surface area contributed by atoms with E-state index >= 15 is 0 Å². The standard InChI is InChI=1S/C21H30N2O12S/c1-9(24)23-15(20(22)30)8-36-21(23)19(35-14(6)29)18(34-13(5)28)17(33-12(4)27)16(32-11(3)26)7-31-10(2)25/h15-19,21H,7-8H2,1-6H3,(H2,22,30)/t15-,16+,17-,18-,19+,21?/m0/s1. The van der Waals surface area contributed by atoms with E-state index in [1.54, 1.807) is 0 Å². The van der Waals surface area contributed by atoms with E-state index in [0.29, 0.717) is 0 Å². The van der Waals surface area contributed by atoms with Crippen molar-refractivity contribution in [2.45, 2.75) is 77.4 Å². The fourth-order valence-electron chi connectivity index (χ4n) is 3.55. The molecular formula is C21H30N2O12S. The van der Waals surface area contributed by atoms with Gasteiger partial charge in [0, 0.05) is 47.3 Å². The summed E-state index contributed by atoms with van der Waals surface area (Å²) in [5.74, 6) is -5.69. The van der Waals surface area contributed by atoms with Crippen molar-refractivity contribution in [2.24, 2.45) is 5.73 Å². The fourth-order valence-corrected chi connectivity index (χ4v) is 5.11. The van der Waals surface area contributed by atoms with Gasteiger partial charge in [-0.2, -0.15) is 0 Å². The van der Waals surface area contributed by atoms with Gasteiger partial charge in [-0.05, 0) is 0 Å². The van der Waals surface area contributed by atoms with Crippen LogP contribution < -0.4 is 5.73 Å². The van der Waals surface area contributed by atoms with Crippen molar-refractivity contribution in [2.75, 3.05) is 12.4 Å². The monoisotopic (exact) mass is 534 g/mol. The van der Waals surface area contributed by atoms with Crippen LogP contribution in [0.5, 0.6) is 0 Å². The summed E-state index contributed by atoms with van der Waals surface area (Å²) >= 11 is 1.00. The topological polar surface area (TPSA) is 195 Å². The molecule has 1 rings (SSSR count). The molecule has 2 N–H and O–H groups in total. The summed E-state index contributed by atoms with van der Waals surface area (Å²) in [6.45, 7) is 5.75. The van der Waals surface area contributed by atoms with Gasteiger partial charge in [-0.3, -0.25) is 33.6 Å². The molecular weight excluding hydrogens is 504 g/mol. The first kappa shape index (κ1) is 30.7. The van der Waals surface area contributed by atoms with Crippen molar-refractivity contribution >= 4 is 53.4 Å². The molecule has 14 nitrogen and oxygen atoms in total. The van der Waals surface area contributed by atoms with Gasteiger partial charge in [0.2, 0.25) is 11.8 Å². The van der Waals surface area contributed by atoms with Gasteiger partial charge in [-0.25, -0.2) is 0 Å². The molecule has 1 unspecified atom stereocenters. The molecule has 0 bridgehead atoms. The van der Waals surface area contributed by atoms with Gasteiger partial charge in [0.05, 0.1) is 0 Å². The lowest BCUT2D eigenvalue weighted by atomic mass is 10.0. The van der Waals surface area contributed by atoms with Gasteiger partial charge >= 0.3 is 29.8 Å². The van der Waals surface area contributed by atoms with E-state index in [0.717, 1.165) is 58.2 Å². The molecule has 0 aromatic heterocycles. The average molecular weight is 535 g/mol. The Morgan fingerprint density at radius 1 is 0.778 bits per heavy atom. The third-order valence-electron chi connectivity index (χ3n) is 4.70. The van der Waals surface area contributed by atoms with Gasteiger partial charge in [0.15, 0.2) is 24.4 Å². The first-order chi connectivity index (χ1) is 16.6. The zero-order valence-electron chi connectivity index (χ0n) is 20.7. The summed E-state index contributed by atoms with van der Waals surface area (Å²) in [5.41, 5.74) is 5.43. The normalized spacial score (nSPS) is 20.2. The van der Waals surface area contributed by atoms with Crippen molar-refractivity contribution < 1.29 is 57.2 Å². The molecule has 0 aromatic carbocycles. The Hall–Kier alpha value is -3.36. The molecule has 1 heterocycles. The fraction of sp³-hybridized carbons (Fsp3) is 0.667. The van der Waals surface area contributed by atoms with Crippen LogP contribution in [0.2, 0.25) is 0 Å². The zero-order valence-corrected chi connectivity index (χ0v) is 21.5. The molecule has 0 saturated carbocycles. The number of hydrogen-bond donors (Lipinski definition) is 1. The lowest BCUT2D eigenvalue weighted by Gasteiger charge is -2.39. The smallest absolute Gasteiger partial charge is 0.303 e. The highest BCUT2D eigenvalue weighted by atomic mass is 32.2. The maximum Gasteiger partial charge on any atom is 0.303 e. The van der Waals surface area contributed by atoms with Crippen LogP contribution in [0.3, 0.4) is 0 Å². The quantitative estimate of drug-likeness (QED) is 0.252. The summed E-state index contributed by atoms with van der Waals surface area (Å²) in [6.07, 6.45) is -6.39. The molecule has 6 atom stereocenters. The van der Waals surface area contributed by atoms with Gasteiger partial charge in [0.1, 0.15) is 18.0 Å². The number of amides is 2. The van der Waals surface area contributed by atoms with Gasteiger partial charge in [-0.15, -0.1) is 11.8 Å². The van der Waals surface area contributed by atoms with Crippen LogP contribution >= 0.6 is 11.8 Å². The largest absolute Gasteiger partial charge is 0.462 e. The van der Waals surface area contributed by atoms with Crippen molar-refractivity contribution in [1.82, 2.24) is 4.90 Å². The third-order valence-corrected chi connectivity index (χ3v) is 6.04. The molecule has 0 aromatic rings. The van der Waals surface area contributed by atoms with E-state index in [1.807, 2.05) is 0 Å². The average Bonchev–Trinajstić information content (AvgIpc) is 3.17. The molecule has 202 valence electrons. The van der Waals surface area contributed by atoms with E-state index in [-0.39, 0.29) is 5.75 Å². The predicted octanol–water partition coefficient (Wildman–Crippen LogP) is -0.948. The molecule has 1 aliphatic rings. The Morgan fingerprint density at radius 3 is 1.69 bits per heavy atom. The van der Waals surface area contributed by atoms with Crippen LogP contribution in [0.25, 0.3) is 0 Å². The number of nitrogens with zero attached hydrogens (tertiary/aromatic N) is 1. The van der Waals surface area contributed by atoms with Crippen LogP contribution in [0, 0.1) is 0 Å². The van der Waals surface area contributed by atoms with Crippen molar-refractivity contribution in [3.8, 4) is 0 Å². The second-order valence-electron chi connectivity index (χ2n) is 7.74. The number of ether oxygens (including phenoxy) is 5. The SMILES string of the molecule is CC(=O)OC[C@@H](OC(C)=O)[C@H](OC(C)=O)[C@H](OC(C)=O)[C@@H](OC(C)=O)C1SC[C@@H](C(N)=O)N1C(C)=O. The summed E-state index contributed by atoms with van der Waals surface area (Å²) in [7, 11) is 0. The number of thioether (sulfide) groups is 1. The van der Waals surface area contributed by atoms with Crippen LogP contribution in [-0.4, -0.2) is 94.8 Å². The Kier molecular flexibility index (Phi) is 11.6. The van der Waals surface area contributed by atoms with E-state index in [4.69, 9.17) is 29.4 Å². The lowest BCUT2D eigenvalue weighted by Crippen LogP contribution is -2.59. The Labute approximate surface area is 211 Å². The molecule has 0 spiro atoms. The van der Waals surface area contributed by atoms with E-state index in [2.05, 4.69) is 0 Å². The highest BCUT2D eigenvalue weighted by Crippen LogP contribution is 2.36. The maximum absolute atomic E-state index is 12.5. The minimum Gasteiger partial charge on any atom is -0.462 e. The first-order valence-electron chi connectivity index (χ1n) is 10.7. The molecule has 2 amide bonds. The number of carbonyl (C=O) groups is 7. The number of hydrogen-bond acceptors (Lipinski definition) is 13. The first-order valence-corrected chi connectivity index (χ1v) is 11.7. The van der Waals surface area contributed by atoms with Crippen LogP contribution in [0.1, 0.15) is 41.5 Å². The Balaban J connectivity index is 3.69. The van der Waals surface area contributed by atoms with Crippen LogP contribution in [0.15, 0.2) is 0 Å². The number of esters is 5. The van der Waals surface area contributed by atoms with Gasteiger partial charge in [-0.1, -0.05) is 0 Å². The van der Waals surface area contributed by atoms with Crippen molar-refractivity contribution in [3.63, 3.8) is 0 Å². The zero-order chi connectivity index (χ0) is 27.7. The van der Waals surface area contributed by atoms with Crippen LogP contribution in [-0.2, 0) is 57.2 Å². The maximum atomic E-state index is 12.5. The van der Waals surface area contributed by atoms with Gasteiger partial charge < -0.3 is 34.3 Å². The second-order valence-corrected chi connectivity index (χ2v) is 8.89. The van der Waals surface area contributed by atoms with Crippen molar-refractivity contribution in [1.29, 1.82) is 0 Å². The number of rotatable bonds is 11. The number of carbonyl (C=O) groups excluding carboxylic acids is 7. The van der Waals surface area contributed by atoms with E-state index in [1.165, 1.54) is 0 Å². The Morgan fingerprint density at radius 2 is 1.28 bits per heavy atom.